The number of nitrogens with zero attached hydrogens (tertiary/aromatic N) is 5. The van der Waals surface area contributed by atoms with Crippen LogP contribution in [0.3, 0.4) is 0 Å². The summed E-state index contributed by atoms with van der Waals surface area (Å²) in [5.74, 6) is 0.209. The van der Waals surface area contributed by atoms with Crippen molar-refractivity contribution in [2.45, 2.75) is 25.6 Å². The SMILES string of the molecule is COc1cc(CC(=O)c2ccc(CN3CCN(C)CC3)c(C(F)(F)F)c2)cc(CC(=O)N(C)c2cc(N)ncn2)c1. The smallest absolute Gasteiger partial charge is 0.416 e. The topological polar surface area (TPSA) is 105 Å². The van der Waals surface area contributed by atoms with Crippen molar-refractivity contribution >= 4 is 23.3 Å². The zero-order chi connectivity index (χ0) is 29.7. The number of alkyl halides is 3. The third-order valence-corrected chi connectivity index (χ3v) is 7.10. The molecule has 4 rings (SSSR count). The predicted octanol–water partition coefficient (Wildman–Crippen LogP) is 3.46. The number of aromatic nitrogens is 2. The lowest BCUT2D eigenvalue weighted by Crippen LogP contribution is -2.44. The summed E-state index contributed by atoms with van der Waals surface area (Å²) in [4.78, 5) is 39.4. The molecule has 3 aromatic rings. The number of carbonyl (C=O) groups excluding carboxylic acids is 2. The zero-order valence-corrected chi connectivity index (χ0v) is 23.2. The second-order valence-electron chi connectivity index (χ2n) is 10.2. The molecule has 0 bridgehead atoms. The van der Waals surface area contributed by atoms with E-state index in [0.29, 0.717) is 35.8 Å². The number of carbonyl (C=O) groups is 2. The van der Waals surface area contributed by atoms with Crippen LogP contribution in [0.5, 0.6) is 5.75 Å². The molecule has 0 saturated carbocycles. The maximum Gasteiger partial charge on any atom is 0.416 e. The molecule has 1 aliphatic heterocycles. The largest absolute Gasteiger partial charge is 0.497 e. The molecule has 0 aliphatic carbocycles. The summed E-state index contributed by atoms with van der Waals surface area (Å²) in [5.41, 5.74) is 6.10. The average Bonchev–Trinajstić information content (AvgIpc) is 2.93. The highest BCUT2D eigenvalue weighted by Crippen LogP contribution is 2.34. The number of rotatable bonds is 9. The molecule has 1 saturated heterocycles. The van der Waals surface area contributed by atoms with Gasteiger partial charge in [0.2, 0.25) is 5.91 Å². The van der Waals surface area contributed by atoms with E-state index in [9.17, 15) is 22.8 Å². The second kappa shape index (κ2) is 12.6. The fourth-order valence-electron chi connectivity index (χ4n) is 4.70. The van der Waals surface area contributed by atoms with Crippen LogP contribution >= 0.6 is 0 Å². The van der Waals surface area contributed by atoms with Gasteiger partial charge in [0, 0.05) is 57.8 Å². The van der Waals surface area contributed by atoms with Crippen LogP contribution in [-0.2, 0) is 30.4 Å². The molecule has 1 aromatic heterocycles. The molecule has 41 heavy (non-hydrogen) atoms. The van der Waals surface area contributed by atoms with Crippen LogP contribution in [0.25, 0.3) is 0 Å². The third kappa shape index (κ3) is 7.80. The Bertz CT molecular complexity index is 1410. The van der Waals surface area contributed by atoms with E-state index in [1.54, 1.807) is 25.2 Å². The van der Waals surface area contributed by atoms with Crippen LogP contribution < -0.4 is 15.4 Å². The van der Waals surface area contributed by atoms with Crippen molar-refractivity contribution in [1.82, 2.24) is 19.8 Å². The number of hydrogen-bond donors (Lipinski definition) is 1. The fourth-order valence-corrected chi connectivity index (χ4v) is 4.70. The van der Waals surface area contributed by atoms with E-state index >= 15 is 0 Å². The molecular formula is C29H33F3N6O3. The molecule has 2 aromatic carbocycles. The van der Waals surface area contributed by atoms with Gasteiger partial charge < -0.3 is 15.4 Å². The minimum atomic E-state index is -4.60. The van der Waals surface area contributed by atoms with Crippen LogP contribution in [0, 0.1) is 0 Å². The molecule has 2 N–H and O–H groups in total. The summed E-state index contributed by atoms with van der Waals surface area (Å²) in [5, 5.41) is 0. The van der Waals surface area contributed by atoms with Gasteiger partial charge in [-0.3, -0.25) is 19.4 Å². The quantitative estimate of drug-likeness (QED) is 0.390. The van der Waals surface area contributed by atoms with Crippen LogP contribution in [-0.4, -0.2) is 78.8 Å². The molecule has 218 valence electrons. The van der Waals surface area contributed by atoms with Crippen molar-refractivity contribution in [2.24, 2.45) is 0 Å². The Balaban J connectivity index is 1.51. The maximum atomic E-state index is 14.0. The Kier molecular flexibility index (Phi) is 9.24. The molecule has 0 unspecified atom stereocenters. The number of ether oxygens (including phenoxy) is 1. The van der Waals surface area contributed by atoms with Crippen LogP contribution in [0.1, 0.15) is 32.6 Å². The lowest BCUT2D eigenvalue weighted by atomic mass is 9.96. The standard InChI is InChI=1S/C29H33F3N6O3/c1-36-6-8-38(9-7-36)17-22-5-4-21(15-24(22)29(30,31)32)25(39)13-19-10-20(12-23(11-19)41-3)14-28(40)37(2)27-16-26(33)34-18-35-27/h4-5,10-12,15-16,18H,6-9,13-14,17H2,1-3H3,(H2,33,34,35). The number of halogens is 3. The number of amides is 1. The number of piperazine rings is 1. The van der Waals surface area contributed by atoms with Gasteiger partial charge in [-0.2, -0.15) is 13.2 Å². The second-order valence-corrected chi connectivity index (χ2v) is 10.2. The molecule has 12 heteroatoms. The summed E-state index contributed by atoms with van der Waals surface area (Å²) < 4.78 is 47.4. The van der Waals surface area contributed by atoms with Gasteiger partial charge in [0.05, 0.1) is 19.1 Å². The molecule has 0 spiro atoms. The first-order chi connectivity index (χ1) is 19.4. The summed E-state index contributed by atoms with van der Waals surface area (Å²) in [6.07, 6.45) is -3.53. The monoisotopic (exact) mass is 570 g/mol. The molecule has 0 atom stereocenters. The van der Waals surface area contributed by atoms with Gasteiger partial charge in [0.1, 0.15) is 23.7 Å². The minimum absolute atomic E-state index is 0.0269. The molecule has 0 radical (unpaired) electrons. The van der Waals surface area contributed by atoms with Crippen molar-refractivity contribution in [3.63, 3.8) is 0 Å². The van der Waals surface area contributed by atoms with Crippen LogP contribution in [0.2, 0.25) is 0 Å². The number of hydrogen-bond acceptors (Lipinski definition) is 8. The molecule has 1 amide bonds. The summed E-state index contributed by atoms with van der Waals surface area (Å²) >= 11 is 0. The number of Topliss-reactive ketones (excluding diaryl/α,β-unsaturated/α-hetero) is 1. The average molecular weight is 571 g/mol. The Labute approximate surface area is 236 Å². The van der Waals surface area contributed by atoms with Gasteiger partial charge in [0.25, 0.3) is 0 Å². The molecule has 1 aliphatic rings. The number of methoxy groups -OCH3 is 1. The van der Waals surface area contributed by atoms with Crippen molar-refractivity contribution in [3.05, 3.63) is 76.6 Å². The highest BCUT2D eigenvalue weighted by molar-refractivity contribution is 5.98. The zero-order valence-electron chi connectivity index (χ0n) is 23.2. The molecule has 2 heterocycles. The first-order valence-electron chi connectivity index (χ1n) is 13.1. The summed E-state index contributed by atoms with van der Waals surface area (Å²) in [6.45, 7) is 3.10. The van der Waals surface area contributed by atoms with E-state index < -0.39 is 17.5 Å². The van der Waals surface area contributed by atoms with E-state index in [2.05, 4.69) is 14.9 Å². The number of anilines is 2. The van der Waals surface area contributed by atoms with Crippen molar-refractivity contribution in [2.75, 3.05) is 58.0 Å². The first kappa shape index (κ1) is 29.9. The van der Waals surface area contributed by atoms with Crippen LogP contribution in [0.15, 0.2) is 48.8 Å². The van der Waals surface area contributed by atoms with E-state index in [1.807, 2.05) is 11.9 Å². The normalized spacial score (nSPS) is 14.6. The molecule has 1 fully saturated rings. The van der Waals surface area contributed by atoms with Gasteiger partial charge >= 0.3 is 6.18 Å². The van der Waals surface area contributed by atoms with Crippen LogP contribution in [0.4, 0.5) is 24.8 Å². The van der Waals surface area contributed by atoms with Crippen molar-refractivity contribution in [1.29, 1.82) is 0 Å². The van der Waals surface area contributed by atoms with Gasteiger partial charge in [0.15, 0.2) is 5.78 Å². The summed E-state index contributed by atoms with van der Waals surface area (Å²) in [7, 11) is 4.99. The van der Waals surface area contributed by atoms with Gasteiger partial charge in [-0.15, -0.1) is 0 Å². The maximum absolute atomic E-state index is 14.0. The predicted molar refractivity (Wildman–Crippen MR) is 149 cm³/mol. The van der Waals surface area contributed by atoms with Crippen molar-refractivity contribution in [3.8, 4) is 5.75 Å². The van der Waals surface area contributed by atoms with Gasteiger partial charge in [-0.25, -0.2) is 9.97 Å². The highest BCUT2D eigenvalue weighted by atomic mass is 19.4. The van der Waals surface area contributed by atoms with Gasteiger partial charge in [-0.05, 0) is 41.9 Å². The summed E-state index contributed by atoms with van der Waals surface area (Å²) in [6, 6.07) is 10.2. The fraction of sp³-hybridized carbons (Fsp3) is 0.379. The Morgan fingerprint density at radius 2 is 1.68 bits per heavy atom. The lowest BCUT2D eigenvalue weighted by Gasteiger charge is -2.33. The van der Waals surface area contributed by atoms with E-state index in [4.69, 9.17) is 10.5 Å². The van der Waals surface area contributed by atoms with E-state index in [-0.39, 0.29) is 42.2 Å². The Hall–Kier alpha value is -4.03. The van der Waals surface area contributed by atoms with E-state index in [1.165, 1.54) is 36.5 Å². The number of nitrogen functional groups attached to an aromatic ring is 1. The number of ketones is 1. The van der Waals surface area contributed by atoms with E-state index in [0.717, 1.165) is 19.2 Å². The minimum Gasteiger partial charge on any atom is -0.497 e. The highest BCUT2D eigenvalue weighted by Gasteiger charge is 2.34. The molecule has 9 nitrogen and oxygen atoms in total. The third-order valence-electron chi connectivity index (χ3n) is 7.10. The molecular weight excluding hydrogens is 537 g/mol. The van der Waals surface area contributed by atoms with Crippen molar-refractivity contribution < 1.29 is 27.5 Å². The lowest BCUT2D eigenvalue weighted by molar-refractivity contribution is -0.138. The number of likely N-dealkylation sites (N-methyl/N-ethyl adjacent to an activating group) is 2. The number of nitrogens with two attached hydrogens (primary N) is 1. The Morgan fingerprint density at radius 3 is 2.32 bits per heavy atom. The van der Waals surface area contributed by atoms with Gasteiger partial charge in [-0.1, -0.05) is 18.2 Å². The Morgan fingerprint density at radius 1 is 1.00 bits per heavy atom. The number of benzene rings is 2. The first-order valence-corrected chi connectivity index (χ1v) is 13.1.